The monoisotopic (exact) mass is 310 g/mol. The zero-order valence-corrected chi connectivity index (χ0v) is 14.0. The van der Waals surface area contributed by atoms with Crippen LogP contribution in [0.4, 0.5) is 0 Å². The minimum absolute atomic E-state index is 0.198. The maximum Gasteiger partial charge on any atom is 0.279 e. The Morgan fingerprint density at radius 1 is 1.05 bits per heavy atom. The quantitative estimate of drug-likeness (QED) is 0.671. The number of carbonyl (C=O) groups excluding carboxylic acids is 1. The van der Waals surface area contributed by atoms with Crippen molar-refractivity contribution in [1.82, 2.24) is 4.57 Å². The third-order valence-corrected chi connectivity index (χ3v) is 5.08. The molecule has 4 heteroatoms. The number of carbonyl (C=O) groups is 1. The number of thiazole rings is 1. The van der Waals surface area contributed by atoms with Gasteiger partial charge in [0, 0.05) is 12.6 Å². The molecule has 1 aromatic heterocycles. The van der Waals surface area contributed by atoms with Crippen LogP contribution in [0.15, 0.2) is 41.4 Å². The van der Waals surface area contributed by atoms with E-state index in [1.54, 1.807) is 11.3 Å². The molecule has 2 aromatic carbocycles. The highest BCUT2D eigenvalue weighted by molar-refractivity contribution is 7.16. The molecule has 0 N–H and O–H groups in total. The molecular formula is C18H18N2OS. The molecule has 0 aliphatic carbocycles. The summed E-state index contributed by atoms with van der Waals surface area (Å²) in [6.07, 6.45) is 0. The number of nitrogens with zero attached hydrogens (tertiary/aromatic N) is 2. The van der Waals surface area contributed by atoms with Crippen molar-refractivity contribution < 1.29 is 4.79 Å². The number of fused-ring (bicyclic) bond motifs is 1. The first kappa shape index (κ1) is 14.7. The Hall–Kier alpha value is -2.20. The highest BCUT2D eigenvalue weighted by Gasteiger charge is 2.09. The summed E-state index contributed by atoms with van der Waals surface area (Å²) < 4.78 is 3.16. The van der Waals surface area contributed by atoms with Crippen LogP contribution in [-0.2, 0) is 7.05 Å². The molecule has 0 aliphatic heterocycles. The Morgan fingerprint density at radius 3 is 2.41 bits per heavy atom. The number of hydrogen-bond donors (Lipinski definition) is 0. The third-order valence-electron chi connectivity index (χ3n) is 3.98. The normalized spacial score (nSPS) is 12.1. The van der Waals surface area contributed by atoms with Gasteiger partial charge in [0.15, 0.2) is 4.80 Å². The highest BCUT2D eigenvalue weighted by atomic mass is 32.1. The van der Waals surface area contributed by atoms with Crippen molar-refractivity contribution in [3.8, 4) is 0 Å². The van der Waals surface area contributed by atoms with Gasteiger partial charge in [-0.3, -0.25) is 4.79 Å². The van der Waals surface area contributed by atoms with Crippen molar-refractivity contribution >= 4 is 27.5 Å². The van der Waals surface area contributed by atoms with Crippen molar-refractivity contribution in [3.05, 3.63) is 63.5 Å². The molecule has 1 heterocycles. The number of aryl methyl sites for hydroxylation is 4. The lowest BCUT2D eigenvalue weighted by Gasteiger charge is -2.03. The van der Waals surface area contributed by atoms with E-state index in [9.17, 15) is 4.79 Å². The van der Waals surface area contributed by atoms with E-state index >= 15 is 0 Å². The highest BCUT2D eigenvalue weighted by Crippen LogP contribution is 2.23. The van der Waals surface area contributed by atoms with E-state index < -0.39 is 0 Å². The molecular weight excluding hydrogens is 292 g/mol. The van der Waals surface area contributed by atoms with Gasteiger partial charge in [-0.1, -0.05) is 35.1 Å². The lowest BCUT2D eigenvalue weighted by atomic mass is 10.1. The second-order valence-corrected chi connectivity index (χ2v) is 6.59. The SMILES string of the molecule is Cc1ccc(C(=O)N=c2sc3ccc(C)c(C)c3n2C)cc1. The summed E-state index contributed by atoms with van der Waals surface area (Å²) in [7, 11) is 1.96. The molecule has 22 heavy (non-hydrogen) atoms. The van der Waals surface area contributed by atoms with E-state index in [1.165, 1.54) is 11.1 Å². The van der Waals surface area contributed by atoms with Crippen molar-refractivity contribution in [2.45, 2.75) is 20.8 Å². The number of rotatable bonds is 1. The van der Waals surface area contributed by atoms with Crippen LogP contribution in [0.25, 0.3) is 10.2 Å². The molecule has 0 saturated carbocycles. The van der Waals surface area contributed by atoms with E-state index in [-0.39, 0.29) is 5.91 Å². The Balaban J connectivity index is 2.13. The molecule has 1 amide bonds. The minimum Gasteiger partial charge on any atom is -0.319 e. The number of aromatic nitrogens is 1. The first-order valence-corrected chi connectivity index (χ1v) is 8.00. The van der Waals surface area contributed by atoms with Crippen molar-refractivity contribution in [3.63, 3.8) is 0 Å². The fourth-order valence-corrected chi connectivity index (χ4v) is 3.56. The first-order chi connectivity index (χ1) is 10.5. The van der Waals surface area contributed by atoms with Crippen LogP contribution < -0.4 is 4.80 Å². The van der Waals surface area contributed by atoms with Gasteiger partial charge in [-0.15, -0.1) is 0 Å². The zero-order valence-electron chi connectivity index (χ0n) is 13.2. The van der Waals surface area contributed by atoms with Gasteiger partial charge in [0.1, 0.15) is 0 Å². The average Bonchev–Trinajstić information content (AvgIpc) is 2.81. The fourth-order valence-electron chi connectivity index (χ4n) is 2.48. The Labute approximate surface area is 133 Å². The lowest BCUT2D eigenvalue weighted by molar-refractivity contribution is 0.0998. The molecule has 0 aliphatic rings. The van der Waals surface area contributed by atoms with E-state index in [1.807, 2.05) is 42.8 Å². The fraction of sp³-hybridized carbons (Fsp3) is 0.222. The van der Waals surface area contributed by atoms with Crippen LogP contribution >= 0.6 is 11.3 Å². The first-order valence-electron chi connectivity index (χ1n) is 7.19. The summed E-state index contributed by atoms with van der Waals surface area (Å²) in [5.74, 6) is -0.198. The smallest absolute Gasteiger partial charge is 0.279 e. The van der Waals surface area contributed by atoms with Gasteiger partial charge in [0.05, 0.1) is 10.2 Å². The average molecular weight is 310 g/mol. The Bertz CT molecular complexity index is 930. The van der Waals surface area contributed by atoms with Gasteiger partial charge >= 0.3 is 0 Å². The van der Waals surface area contributed by atoms with Crippen LogP contribution in [-0.4, -0.2) is 10.5 Å². The van der Waals surface area contributed by atoms with Crippen LogP contribution in [0, 0.1) is 20.8 Å². The van der Waals surface area contributed by atoms with Gasteiger partial charge < -0.3 is 4.57 Å². The second-order valence-electron chi connectivity index (χ2n) is 5.58. The number of benzene rings is 2. The second kappa shape index (κ2) is 5.54. The van der Waals surface area contributed by atoms with Crippen LogP contribution in [0.1, 0.15) is 27.0 Å². The Morgan fingerprint density at radius 2 is 1.73 bits per heavy atom. The molecule has 3 aromatic rings. The molecule has 0 fully saturated rings. The molecule has 0 saturated heterocycles. The summed E-state index contributed by atoms with van der Waals surface area (Å²) in [4.78, 5) is 17.4. The van der Waals surface area contributed by atoms with Gasteiger partial charge in [-0.05, 0) is 50.1 Å². The van der Waals surface area contributed by atoms with Crippen molar-refractivity contribution in [2.75, 3.05) is 0 Å². The maximum absolute atomic E-state index is 12.3. The van der Waals surface area contributed by atoms with E-state index in [2.05, 4.69) is 31.0 Å². The summed E-state index contributed by atoms with van der Waals surface area (Å²) in [6.45, 7) is 6.21. The van der Waals surface area contributed by atoms with Crippen LogP contribution in [0.2, 0.25) is 0 Å². The molecule has 3 rings (SSSR count). The predicted octanol–water partition coefficient (Wildman–Crippen LogP) is 3.91. The minimum atomic E-state index is -0.198. The van der Waals surface area contributed by atoms with E-state index in [0.717, 1.165) is 20.6 Å². The molecule has 0 atom stereocenters. The lowest BCUT2D eigenvalue weighted by Crippen LogP contribution is -2.13. The Kier molecular flexibility index (Phi) is 3.71. The zero-order chi connectivity index (χ0) is 15.9. The third kappa shape index (κ3) is 2.50. The van der Waals surface area contributed by atoms with Crippen molar-refractivity contribution in [1.29, 1.82) is 0 Å². The molecule has 0 radical (unpaired) electrons. The van der Waals surface area contributed by atoms with Crippen molar-refractivity contribution in [2.24, 2.45) is 12.0 Å². The number of hydrogen-bond acceptors (Lipinski definition) is 2. The van der Waals surface area contributed by atoms with E-state index in [0.29, 0.717) is 5.56 Å². The summed E-state index contributed by atoms with van der Waals surface area (Å²) in [5.41, 5.74) is 5.39. The number of amides is 1. The van der Waals surface area contributed by atoms with Gasteiger partial charge in [-0.25, -0.2) is 0 Å². The van der Waals surface area contributed by atoms with Gasteiger partial charge in [0.2, 0.25) is 0 Å². The van der Waals surface area contributed by atoms with Gasteiger partial charge in [-0.2, -0.15) is 4.99 Å². The van der Waals surface area contributed by atoms with E-state index in [4.69, 9.17) is 0 Å². The summed E-state index contributed by atoms with van der Waals surface area (Å²) >= 11 is 1.55. The predicted molar refractivity (Wildman–Crippen MR) is 91.3 cm³/mol. The molecule has 3 nitrogen and oxygen atoms in total. The summed E-state index contributed by atoms with van der Waals surface area (Å²) in [5, 5.41) is 0. The standard InChI is InChI=1S/C18H18N2OS/c1-11-5-8-14(9-6-11)17(21)19-18-20(4)16-13(3)12(2)7-10-15(16)22-18/h5-10H,1-4H3. The summed E-state index contributed by atoms with van der Waals surface area (Å²) in [6, 6.07) is 11.7. The molecule has 0 bridgehead atoms. The van der Waals surface area contributed by atoms with Crippen LogP contribution in [0.3, 0.4) is 0 Å². The largest absolute Gasteiger partial charge is 0.319 e. The molecule has 0 unspecified atom stereocenters. The van der Waals surface area contributed by atoms with Crippen LogP contribution in [0.5, 0.6) is 0 Å². The van der Waals surface area contributed by atoms with Gasteiger partial charge in [0.25, 0.3) is 5.91 Å². The molecule has 112 valence electrons. The maximum atomic E-state index is 12.3. The molecule has 0 spiro atoms. The topological polar surface area (TPSA) is 34.4 Å².